The Bertz CT molecular complexity index is 1050. The Morgan fingerprint density at radius 3 is 2.72 bits per heavy atom. The van der Waals surface area contributed by atoms with Gasteiger partial charge >= 0.3 is 0 Å². The number of carbonyl (C=O) groups is 2. The summed E-state index contributed by atoms with van der Waals surface area (Å²) < 4.78 is 0.971. The minimum Gasteiger partial charge on any atom is -0.362 e. The number of nitrogens with one attached hydrogen (secondary N) is 2. The number of thiophene rings is 1. The molecule has 7 heteroatoms. The molecule has 0 radical (unpaired) electrons. The molecule has 0 spiro atoms. The smallest absolute Gasteiger partial charge is 0.255 e. The summed E-state index contributed by atoms with van der Waals surface area (Å²) in [4.78, 5) is 31.7. The SMILES string of the molecule is CC1=C(C(=O)Nc2ccccn2)[C@@H](c2ccc(Br)s2)C2=C(CC(C)(C)CC2=O)N1. The van der Waals surface area contributed by atoms with Crippen LogP contribution in [0.25, 0.3) is 0 Å². The van der Waals surface area contributed by atoms with Crippen molar-refractivity contribution in [2.45, 2.75) is 39.5 Å². The van der Waals surface area contributed by atoms with E-state index in [1.807, 2.05) is 25.1 Å². The van der Waals surface area contributed by atoms with Gasteiger partial charge in [-0.3, -0.25) is 9.59 Å². The maximum Gasteiger partial charge on any atom is 0.255 e. The third-order valence-electron chi connectivity index (χ3n) is 5.27. The average molecular weight is 472 g/mol. The van der Waals surface area contributed by atoms with E-state index in [9.17, 15) is 9.59 Å². The van der Waals surface area contributed by atoms with Gasteiger partial charge in [0, 0.05) is 40.0 Å². The van der Waals surface area contributed by atoms with Gasteiger partial charge in [0.1, 0.15) is 5.82 Å². The highest BCUT2D eigenvalue weighted by atomic mass is 79.9. The van der Waals surface area contributed by atoms with E-state index in [1.165, 1.54) is 0 Å². The molecular formula is C22H22BrN3O2S. The second-order valence-electron chi connectivity index (χ2n) is 8.24. The van der Waals surface area contributed by atoms with Crippen LogP contribution in [0.1, 0.15) is 44.4 Å². The predicted octanol–water partition coefficient (Wildman–Crippen LogP) is 5.15. The average Bonchev–Trinajstić information content (AvgIpc) is 3.06. The number of halogens is 1. The fourth-order valence-corrected chi connectivity index (χ4v) is 5.67. The van der Waals surface area contributed by atoms with Crippen molar-refractivity contribution in [1.82, 2.24) is 10.3 Å². The number of rotatable bonds is 3. The number of pyridine rings is 1. The highest BCUT2D eigenvalue weighted by Crippen LogP contribution is 2.48. The van der Waals surface area contributed by atoms with Crippen molar-refractivity contribution >= 4 is 44.8 Å². The van der Waals surface area contributed by atoms with Gasteiger partial charge in [-0.2, -0.15) is 0 Å². The Balaban J connectivity index is 1.80. The summed E-state index contributed by atoms with van der Waals surface area (Å²) in [6.07, 6.45) is 2.89. The Morgan fingerprint density at radius 2 is 2.07 bits per heavy atom. The van der Waals surface area contributed by atoms with Crippen LogP contribution in [0.5, 0.6) is 0 Å². The number of ketones is 1. The zero-order valence-electron chi connectivity index (χ0n) is 16.5. The van der Waals surface area contributed by atoms with Crippen molar-refractivity contribution in [1.29, 1.82) is 0 Å². The minimum absolute atomic E-state index is 0.0997. The summed E-state index contributed by atoms with van der Waals surface area (Å²) in [5.74, 6) is -0.0315. The van der Waals surface area contributed by atoms with Crippen LogP contribution in [0.4, 0.5) is 5.82 Å². The van der Waals surface area contributed by atoms with Crippen molar-refractivity contribution in [2.24, 2.45) is 5.41 Å². The molecule has 4 rings (SSSR count). The van der Waals surface area contributed by atoms with E-state index >= 15 is 0 Å². The van der Waals surface area contributed by atoms with Gasteiger partial charge in [-0.25, -0.2) is 4.98 Å². The van der Waals surface area contributed by atoms with Gasteiger partial charge < -0.3 is 10.6 Å². The third kappa shape index (κ3) is 3.94. The first-order valence-corrected chi connectivity index (χ1v) is 11.1. The zero-order valence-corrected chi connectivity index (χ0v) is 18.9. The van der Waals surface area contributed by atoms with Crippen LogP contribution in [0, 0.1) is 5.41 Å². The number of anilines is 1. The Morgan fingerprint density at radius 1 is 1.28 bits per heavy atom. The molecule has 0 unspecified atom stereocenters. The summed E-state index contributed by atoms with van der Waals surface area (Å²) in [7, 11) is 0. The molecule has 1 aliphatic heterocycles. The van der Waals surface area contributed by atoms with Crippen LogP contribution in [0.2, 0.25) is 0 Å². The quantitative estimate of drug-likeness (QED) is 0.649. The molecular weight excluding hydrogens is 450 g/mol. The van der Waals surface area contributed by atoms with E-state index in [1.54, 1.807) is 29.7 Å². The monoisotopic (exact) mass is 471 g/mol. The Hall–Kier alpha value is -2.25. The Kier molecular flexibility index (Phi) is 5.21. The number of amides is 1. The summed E-state index contributed by atoms with van der Waals surface area (Å²) in [6, 6.07) is 9.32. The molecule has 2 aromatic rings. The number of allylic oxidation sites excluding steroid dienone is 3. The molecule has 1 aliphatic carbocycles. The summed E-state index contributed by atoms with van der Waals surface area (Å²) in [6.45, 7) is 6.11. The summed E-state index contributed by atoms with van der Waals surface area (Å²) >= 11 is 5.08. The number of aromatic nitrogens is 1. The maximum atomic E-state index is 13.3. The van der Waals surface area contributed by atoms with E-state index in [0.29, 0.717) is 17.8 Å². The topological polar surface area (TPSA) is 71.1 Å². The highest BCUT2D eigenvalue weighted by Gasteiger charge is 2.43. The van der Waals surface area contributed by atoms with Gasteiger partial charge in [0.2, 0.25) is 0 Å². The molecule has 3 heterocycles. The fraction of sp³-hybridized carbons (Fsp3) is 0.318. The third-order valence-corrected chi connectivity index (χ3v) is 6.96. The molecule has 2 N–H and O–H groups in total. The molecule has 0 saturated carbocycles. The summed E-state index contributed by atoms with van der Waals surface area (Å²) in [5.41, 5.74) is 2.90. The molecule has 2 aliphatic rings. The van der Waals surface area contributed by atoms with E-state index in [-0.39, 0.29) is 23.0 Å². The van der Waals surface area contributed by atoms with Crippen LogP contribution in [0.15, 0.2) is 62.9 Å². The molecule has 1 amide bonds. The first kappa shape index (κ1) is 20.0. The predicted molar refractivity (Wildman–Crippen MR) is 119 cm³/mol. The van der Waals surface area contributed by atoms with Gasteiger partial charge in [0.05, 0.1) is 9.70 Å². The molecule has 5 nitrogen and oxygen atoms in total. The van der Waals surface area contributed by atoms with Crippen LogP contribution in [0.3, 0.4) is 0 Å². The largest absolute Gasteiger partial charge is 0.362 e. The lowest BCUT2D eigenvalue weighted by atomic mass is 9.69. The second-order valence-corrected chi connectivity index (χ2v) is 10.7. The molecule has 0 bridgehead atoms. The zero-order chi connectivity index (χ0) is 20.8. The van der Waals surface area contributed by atoms with Crippen molar-refractivity contribution in [3.05, 3.63) is 67.7 Å². The molecule has 1 atom stereocenters. The number of carbonyl (C=O) groups excluding carboxylic acids is 2. The number of hydrogen-bond acceptors (Lipinski definition) is 5. The van der Waals surface area contributed by atoms with Crippen LogP contribution in [-0.2, 0) is 9.59 Å². The van der Waals surface area contributed by atoms with E-state index in [2.05, 4.69) is 45.4 Å². The van der Waals surface area contributed by atoms with E-state index < -0.39 is 0 Å². The molecule has 2 aromatic heterocycles. The highest BCUT2D eigenvalue weighted by molar-refractivity contribution is 9.11. The standard InChI is InChI=1S/C22H22BrN3O2S/c1-12-18(21(28)26-17-6-4-5-9-24-17)20(15-7-8-16(23)29-15)19-13(25-12)10-22(2,3)11-14(19)27/h4-9,20,25H,10-11H2,1-3H3,(H,24,26,28)/t20-/m1/s1. The number of nitrogens with zero attached hydrogens (tertiary/aromatic N) is 1. The van der Waals surface area contributed by atoms with Crippen molar-refractivity contribution < 1.29 is 9.59 Å². The molecule has 29 heavy (non-hydrogen) atoms. The summed E-state index contributed by atoms with van der Waals surface area (Å²) in [5, 5.41) is 6.26. The Labute approximate surface area is 182 Å². The van der Waals surface area contributed by atoms with Gasteiger partial charge in [0.25, 0.3) is 5.91 Å². The van der Waals surface area contributed by atoms with Crippen molar-refractivity contribution in [3.8, 4) is 0 Å². The van der Waals surface area contributed by atoms with E-state index in [4.69, 9.17) is 0 Å². The van der Waals surface area contributed by atoms with E-state index in [0.717, 1.165) is 32.1 Å². The van der Waals surface area contributed by atoms with Crippen LogP contribution < -0.4 is 10.6 Å². The molecule has 0 aromatic carbocycles. The lowest BCUT2D eigenvalue weighted by molar-refractivity contribution is -0.118. The lowest BCUT2D eigenvalue weighted by Gasteiger charge is -2.39. The number of hydrogen-bond donors (Lipinski definition) is 2. The number of Topliss-reactive ketones (excluding diaryl/α,β-unsaturated/α-hetero) is 1. The van der Waals surface area contributed by atoms with Gasteiger partial charge in [-0.05, 0) is 59.0 Å². The van der Waals surface area contributed by atoms with Crippen molar-refractivity contribution in [2.75, 3.05) is 5.32 Å². The molecule has 0 saturated heterocycles. The van der Waals surface area contributed by atoms with Gasteiger partial charge in [-0.15, -0.1) is 11.3 Å². The van der Waals surface area contributed by atoms with Crippen LogP contribution >= 0.6 is 27.3 Å². The maximum absolute atomic E-state index is 13.3. The van der Waals surface area contributed by atoms with Crippen LogP contribution in [-0.4, -0.2) is 16.7 Å². The number of dihydropyridines is 1. The van der Waals surface area contributed by atoms with Gasteiger partial charge in [-0.1, -0.05) is 19.9 Å². The molecule has 0 fully saturated rings. The fourth-order valence-electron chi connectivity index (χ4n) is 4.13. The first-order valence-electron chi connectivity index (χ1n) is 9.47. The lowest BCUT2D eigenvalue weighted by Crippen LogP contribution is -2.39. The van der Waals surface area contributed by atoms with Crippen molar-refractivity contribution in [3.63, 3.8) is 0 Å². The van der Waals surface area contributed by atoms with Gasteiger partial charge in [0.15, 0.2) is 5.78 Å². The first-order chi connectivity index (χ1) is 13.7. The normalized spacial score (nSPS) is 21.0. The molecule has 150 valence electrons. The second kappa shape index (κ2) is 7.54. The minimum atomic E-state index is -0.380.